The topological polar surface area (TPSA) is 93.7 Å². The molecule has 0 unspecified atom stereocenters. The fraction of sp³-hybridized carbons (Fsp3) is 0.333. The molecule has 5 rings (SSSR count). The molecule has 0 spiro atoms. The van der Waals surface area contributed by atoms with Crippen LogP contribution in [-0.4, -0.2) is 38.6 Å². The molecule has 8 nitrogen and oxygen atoms in total. The summed E-state index contributed by atoms with van der Waals surface area (Å²) in [6, 6.07) is 10.3. The molecule has 0 fully saturated rings. The van der Waals surface area contributed by atoms with E-state index in [1.54, 1.807) is 0 Å². The van der Waals surface area contributed by atoms with Crippen LogP contribution in [0, 0.1) is 0 Å². The van der Waals surface area contributed by atoms with Crippen LogP contribution in [0.1, 0.15) is 29.8 Å². The average molecular weight is 535 g/mol. The van der Waals surface area contributed by atoms with E-state index in [1.807, 2.05) is 25.2 Å². The van der Waals surface area contributed by atoms with Crippen LogP contribution >= 0.6 is 23.2 Å². The van der Waals surface area contributed by atoms with Crippen molar-refractivity contribution < 1.29 is 17.9 Å². The van der Waals surface area contributed by atoms with Crippen LogP contribution in [0.25, 0.3) is 0 Å². The molecule has 2 aliphatic rings. The lowest BCUT2D eigenvalue weighted by molar-refractivity contribution is 0.288. The number of hydrogen-bond donors (Lipinski definition) is 1. The summed E-state index contributed by atoms with van der Waals surface area (Å²) >= 11 is 12.2. The number of aryl methyl sites for hydroxylation is 2. The number of halogens is 2. The highest BCUT2D eigenvalue weighted by atomic mass is 35.5. The first kappa shape index (κ1) is 24.0. The molecule has 0 bridgehead atoms. The molecule has 2 aromatic carbocycles. The summed E-state index contributed by atoms with van der Waals surface area (Å²) in [5.74, 6) is 0.923. The number of aromatic nitrogens is 2. The zero-order chi connectivity index (χ0) is 24.6. The number of fused-ring (bicyclic) bond motifs is 2. The van der Waals surface area contributed by atoms with Crippen LogP contribution in [0.4, 0.5) is 11.5 Å². The number of rotatable bonds is 6. The predicted molar refractivity (Wildman–Crippen MR) is 135 cm³/mol. The van der Waals surface area contributed by atoms with E-state index >= 15 is 0 Å². The quantitative estimate of drug-likeness (QED) is 0.482. The van der Waals surface area contributed by atoms with Gasteiger partial charge >= 0.3 is 0 Å². The van der Waals surface area contributed by atoms with E-state index in [4.69, 9.17) is 32.7 Å². The van der Waals surface area contributed by atoms with Gasteiger partial charge in [0.25, 0.3) is 15.9 Å². The van der Waals surface area contributed by atoms with Crippen molar-refractivity contribution in [1.29, 1.82) is 0 Å². The second-order valence-electron chi connectivity index (χ2n) is 8.50. The fourth-order valence-electron chi connectivity index (χ4n) is 4.16. The zero-order valence-electron chi connectivity index (χ0n) is 19.1. The Morgan fingerprint density at radius 3 is 2.69 bits per heavy atom. The van der Waals surface area contributed by atoms with E-state index in [1.165, 1.54) is 18.2 Å². The van der Waals surface area contributed by atoms with Crippen molar-refractivity contribution >= 4 is 44.7 Å². The maximum absolute atomic E-state index is 13.2. The molecule has 0 saturated heterocycles. The van der Waals surface area contributed by atoms with Crippen molar-refractivity contribution in [3.8, 4) is 11.6 Å². The molecule has 1 aromatic heterocycles. The number of sulfonamides is 1. The van der Waals surface area contributed by atoms with Crippen molar-refractivity contribution in [2.24, 2.45) is 0 Å². The van der Waals surface area contributed by atoms with Gasteiger partial charge in [0.15, 0.2) is 0 Å². The summed E-state index contributed by atoms with van der Waals surface area (Å²) in [6.07, 6.45) is 3.47. The first-order valence-corrected chi connectivity index (χ1v) is 13.5. The van der Waals surface area contributed by atoms with Gasteiger partial charge in [0, 0.05) is 7.05 Å². The van der Waals surface area contributed by atoms with Gasteiger partial charge in [0.1, 0.15) is 23.9 Å². The fourth-order valence-corrected chi connectivity index (χ4v) is 5.92. The van der Waals surface area contributed by atoms with Gasteiger partial charge in [-0.15, -0.1) is 0 Å². The van der Waals surface area contributed by atoms with Gasteiger partial charge in [-0.2, -0.15) is 0 Å². The van der Waals surface area contributed by atoms with E-state index < -0.39 is 10.0 Å². The zero-order valence-corrected chi connectivity index (χ0v) is 21.4. The van der Waals surface area contributed by atoms with Crippen molar-refractivity contribution in [3.05, 3.63) is 63.4 Å². The van der Waals surface area contributed by atoms with Crippen LogP contribution in [-0.2, 0) is 29.5 Å². The smallest absolute Gasteiger partial charge is 0.264 e. The van der Waals surface area contributed by atoms with Gasteiger partial charge in [-0.1, -0.05) is 35.3 Å². The lowest BCUT2D eigenvalue weighted by Crippen LogP contribution is -2.28. The maximum atomic E-state index is 13.2. The summed E-state index contributed by atoms with van der Waals surface area (Å²) in [5.41, 5.74) is 3.47. The number of ether oxygens (including phenoxy) is 2. The summed E-state index contributed by atoms with van der Waals surface area (Å²) < 4.78 is 40.6. The standard InChI is InChI=1S/C24H24Cl2N4O4S/c1-30-11-12-33-20-13-15(9-10-19(20)30)14-34-24-23(27-17-6-2-3-7-18(17)28-24)29-35(31,32)21-8-4-5-16(25)22(21)26/h4-5,8-10,13H,2-3,6-7,11-12,14H2,1H3,(H,27,29). The molecule has 0 saturated carbocycles. The van der Waals surface area contributed by atoms with Gasteiger partial charge in [0.2, 0.25) is 5.82 Å². The summed E-state index contributed by atoms with van der Waals surface area (Å²) in [5, 5.41) is 0.0805. The van der Waals surface area contributed by atoms with Gasteiger partial charge < -0.3 is 14.4 Å². The highest BCUT2D eigenvalue weighted by Crippen LogP contribution is 2.34. The Hall–Kier alpha value is -2.75. The molecule has 1 aliphatic heterocycles. The van der Waals surface area contributed by atoms with Crippen molar-refractivity contribution in [2.45, 2.75) is 37.2 Å². The second-order valence-corrected chi connectivity index (χ2v) is 10.9. The third kappa shape index (κ3) is 4.98. The summed E-state index contributed by atoms with van der Waals surface area (Å²) in [4.78, 5) is 11.2. The van der Waals surface area contributed by atoms with Crippen LogP contribution in [0.15, 0.2) is 41.3 Å². The molecule has 0 atom stereocenters. The van der Waals surface area contributed by atoms with E-state index in [9.17, 15) is 8.42 Å². The Bertz CT molecular complexity index is 1380. The highest BCUT2D eigenvalue weighted by molar-refractivity contribution is 7.92. The minimum Gasteiger partial charge on any atom is -0.490 e. The average Bonchev–Trinajstić information content (AvgIpc) is 2.84. The molecule has 184 valence electrons. The lowest BCUT2D eigenvalue weighted by atomic mass is 10.0. The highest BCUT2D eigenvalue weighted by Gasteiger charge is 2.25. The summed E-state index contributed by atoms with van der Waals surface area (Å²) in [6.45, 7) is 1.61. The van der Waals surface area contributed by atoms with Crippen molar-refractivity contribution in [1.82, 2.24) is 9.97 Å². The number of likely N-dealkylation sites (N-methyl/N-ethyl adjacent to an activating group) is 1. The van der Waals surface area contributed by atoms with Crippen LogP contribution < -0.4 is 19.1 Å². The molecular formula is C24H24Cl2N4O4S. The first-order chi connectivity index (χ1) is 16.8. The lowest BCUT2D eigenvalue weighted by Gasteiger charge is -2.28. The molecule has 2 heterocycles. The number of benzene rings is 2. The third-order valence-electron chi connectivity index (χ3n) is 6.03. The van der Waals surface area contributed by atoms with Crippen LogP contribution in [0.3, 0.4) is 0 Å². The normalized spacial score (nSPS) is 15.1. The van der Waals surface area contributed by atoms with E-state index in [-0.39, 0.29) is 33.2 Å². The Labute approximate surface area is 214 Å². The second kappa shape index (κ2) is 9.72. The van der Waals surface area contributed by atoms with E-state index in [0.717, 1.165) is 60.6 Å². The van der Waals surface area contributed by atoms with Gasteiger partial charge in [-0.05, 0) is 55.5 Å². The number of anilines is 2. The number of nitrogens with zero attached hydrogens (tertiary/aromatic N) is 3. The van der Waals surface area contributed by atoms with Crippen LogP contribution in [0.2, 0.25) is 10.0 Å². The maximum Gasteiger partial charge on any atom is 0.264 e. The van der Waals surface area contributed by atoms with Crippen molar-refractivity contribution in [3.63, 3.8) is 0 Å². The Morgan fingerprint density at radius 1 is 1.11 bits per heavy atom. The third-order valence-corrected chi connectivity index (χ3v) is 8.34. The molecule has 0 amide bonds. The SMILES string of the molecule is CN1CCOc2cc(COc3nc4c(nc3NS(=O)(=O)c3cccc(Cl)c3Cl)CCCC4)ccc21. The Morgan fingerprint density at radius 2 is 1.89 bits per heavy atom. The predicted octanol–water partition coefficient (Wildman–Crippen LogP) is 4.87. The molecule has 3 aromatic rings. The number of hydrogen-bond acceptors (Lipinski definition) is 7. The van der Waals surface area contributed by atoms with E-state index in [0.29, 0.717) is 6.61 Å². The number of nitrogens with one attached hydrogen (secondary N) is 1. The molecule has 0 radical (unpaired) electrons. The molecule has 1 N–H and O–H groups in total. The Kier molecular flexibility index (Phi) is 6.65. The molecule has 35 heavy (non-hydrogen) atoms. The van der Waals surface area contributed by atoms with Crippen molar-refractivity contribution in [2.75, 3.05) is 29.8 Å². The molecule has 1 aliphatic carbocycles. The minimum absolute atomic E-state index is 0.0237. The minimum atomic E-state index is -4.09. The van der Waals surface area contributed by atoms with Gasteiger partial charge in [-0.3, -0.25) is 4.72 Å². The molecular weight excluding hydrogens is 511 g/mol. The Balaban J connectivity index is 1.45. The first-order valence-electron chi connectivity index (χ1n) is 11.3. The largest absolute Gasteiger partial charge is 0.490 e. The van der Waals surface area contributed by atoms with Gasteiger partial charge in [0.05, 0.1) is 33.7 Å². The van der Waals surface area contributed by atoms with Gasteiger partial charge in [-0.25, -0.2) is 18.4 Å². The summed E-state index contributed by atoms with van der Waals surface area (Å²) in [7, 11) is -2.07. The van der Waals surface area contributed by atoms with Crippen LogP contribution in [0.5, 0.6) is 11.6 Å². The monoisotopic (exact) mass is 534 g/mol. The van der Waals surface area contributed by atoms with E-state index in [2.05, 4.69) is 19.6 Å². The molecule has 11 heteroatoms.